The second-order valence-electron chi connectivity index (χ2n) is 11.9. The number of rotatable bonds is 10. The second-order valence-corrected chi connectivity index (χ2v) is 15.5. The number of carbonyl (C=O) groups excluding carboxylic acids is 2. The molecule has 0 spiro atoms. The van der Waals surface area contributed by atoms with Crippen molar-refractivity contribution in [2.45, 2.75) is 0 Å². The Labute approximate surface area is 336 Å². The molecule has 0 aliphatic rings. The van der Waals surface area contributed by atoms with Crippen molar-refractivity contribution in [3.05, 3.63) is 198 Å². The highest BCUT2D eigenvalue weighted by Crippen LogP contribution is 2.39. The summed E-state index contributed by atoms with van der Waals surface area (Å²) in [6.45, 7) is 0. The van der Waals surface area contributed by atoms with Gasteiger partial charge in [0.1, 0.15) is 6.29 Å². The number of halogens is 4. The van der Waals surface area contributed by atoms with E-state index in [4.69, 9.17) is 0 Å². The van der Waals surface area contributed by atoms with Crippen LogP contribution in [0.15, 0.2) is 182 Å². The Hall–Kier alpha value is -4.60. The average molecular weight is 936 g/mol. The van der Waals surface area contributed by atoms with Crippen molar-refractivity contribution in [2.75, 3.05) is 9.80 Å². The van der Waals surface area contributed by atoms with Gasteiger partial charge in [0, 0.05) is 68.7 Å². The number of aldehydes is 1. The van der Waals surface area contributed by atoms with Crippen LogP contribution in [0.4, 0.5) is 34.1 Å². The highest BCUT2D eigenvalue weighted by Gasteiger charge is 2.19. The molecule has 7 aromatic carbocycles. The Morgan fingerprint density at radius 3 is 1.35 bits per heavy atom. The van der Waals surface area contributed by atoms with Crippen LogP contribution in [0, 0.1) is 0 Å². The zero-order valence-corrected chi connectivity index (χ0v) is 33.7. The fourth-order valence-electron chi connectivity index (χ4n) is 5.99. The van der Waals surface area contributed by atoms with Crippen molar-refractivity contribution in [2.24, 2.45) is 0 Å². The molecule has 0 aromatic heterocycles. The van der Waals surface area contributed by atoms with Crippen LogP contribution in [-0.2, 0) is 0 Å². The molecular weight excluding hydrogens is 908 g/mol. The zero-order chi connectivity index (χ0) is 36.2. The third kappa shape index (κ3) is 7.91. The molecule has 0 amide bonds. The highest BCUT2D eigenvalue weighted by molar-refractivity contribution is 9.11. The van der Waals surface area contributed by atoms with Crippen molar-refractivity contribution in [3.63, 3.8) is 0 Å². The van der Waals surface area contributed by atoms with E-state index in [2.05, 4.69) is 122 Å². The molecule has 0 fully saturated rings. The fraction of sp³-hybridized carbons (Fsp3) is 0. The number of carbonyl (C=O) groups is 2. The molecule has 8 heteroatoms. The topological polar surface area (TPSA) is 40.6 Å². The van der Waals surface area contributed by atoms with Gasteiger partial charge in [-0.15, -0.1) is 0 Å². The highest BCUT2D eigenvalue weighted by atomic mass is 79.9. The van der Waals surface area contributed by atoms with Crippen molar-refractivity contribution >= 4 is 110 Å². The number of ketones is 1. The van der Waals surface area contributed by atoms with Gasteiger partial charge in [0.25, 0.3) is 0 Å². The minimum Gasteiger partial charge on any atom is -0.311 e. The van der Waals surface area contributed by atoms with Crippen LogP contribution in [-0.4, -0.2) is 12.1 Å². The molecule has 0 aliphatic carbocycles. The third-order valence-corrected chi connectivity index (χ3v) is 10.9. The maximum absolute atomic E-state index is 14.2. The number of anilines is 6. The summed E-state index contributed by atoms with van der Waals surface area (Å²) in [5, 5.41) is 0. The van der Waals surface area contributed by atoms with Gasteiger partial charge in [-0.2, -0.15) is 0 Å². The second kappa shape index (κ2) is 16.0. The lowest BCUT2D eigenvalue weighted by Crippen LogP contribution is -2.12. The van der Waals surface area contributed by atoms with E-state index in [1.807, 2.05) is 103 Å². The van der Waals surface area contributed by atoms with Crippen LogP contribution >= 0.6 is 63.7 Å². The number of hydrogen-bond acceptors (Lipinski definition) is 4. The van der Waals surface area contributed by atoms with E-state index in [1.165, 1.54) is 0 Å². The lowest BCUT2D eigenvalue weighted by Gasteiger charge is -2.26. The Balaban J connectivity index is 1.21. The van der Waals surface area contributed by atoms with E-state index in [0.717, 1.165) is 65.0 Å². The predicted molar refractivity (Wildman–Crippen MR) is 227 cm³/mol. The van der Waals surface area contributed by atoms with Crippen molar-refractivity contribution in [1.29, 1.82) is 0 Å². The summed E-state index contributed by atoms with van der Waals surface area (Å²) in [5.74, 6) is -0.101. The van der Waals surface area contributed by atoms with Crippen LogP contribution in [0.5, 0.6) is 0 Å². The van der Waals surface area contributed by atoms with E-state index >= 15 is 0 Å². The smallest absolute Gasteiger partial charge is 0.194 e. The Bertz CT molecular complexity index is 2320. The lowest BCUT2D eigenvalue weighted by molar-refractivity contribution is 0.103. The van der Waals surface area contributed by atoms with Crippen LogP contribution in [0.3, 0.4) is 0 Å². The Morgan fingerprint density at radius 2 is 0.865 bits per heavy atom. The maximum Gasteiger partial charge on any atom is 0.194 e. The van der Waals surface area contributed by atoms with Crippen LogP contribution in [0.25, 0.3) is 11.1 Å². The quantitative estimate of drug-likeness (QED) is 0.101. The molecule has 0 atom stereocenters. The van der Waals surface area contributed by atoms with E-state index < -0.39 is 0 Å². The Kier molecular flexibility index (Phi) is 11.0. The number of benzene rings is 7. The maximum atomic E-state index is 14.2. The van der Waals surface area contributed by atoms with Gasteiger partial charge in [-0.1, -0.05) is 94.1 Å². The molecule has 7 rings (SSSR count). The van der Waals surface area contributed by atoms with Crippen molar-refractivity contribution < 1.29 is 9.59 Å². The summed E-state index contributed by atoms with van der Waals surface area (Å²) in [4.78, 5) is 29.9. The SMILES string of the molecule is O=Cc1ccc(N(c2ccc(Br)cc2)c2ccc(Br)c(C(=O)c3cccc(-c4ccc(N(c5ccc(Br)cc5)c5ccc(Br)cc5)cc4)c3)c2)cc1. The molecule has 0 radical (unpaired) electrons. The van der Waals surface area contributed by atoms with Crippen LogP contribution < -0.4 is 9.80 Å². The van der Waals surface area contributed by atoms with Crippen molar-refractivity contribution in [1.82, 2.24) is 0 Å². The van der Waals surface area contributed by atoms with Gasteiger partial charge < -0.3 is 9.80 Å². The molecule has 52 heavy (non-hydrogen) atoms. The van der Waals surface area contributed by atoms with Crippen LogP contribution in [0.2, 0.25) is 0 Å². The molecule has 0 aliphatic heterocycles. The van der Waals surface area contributed by atoms with E-state index in [9.17, 15) is 9.59 Å². The van der Waals surface area contributed by atoms with E-state index in [0.29, 0.717) is 21.2 Å². The first-order chi connectivity index (χ1) is 25.3. The molecule has 7 aromatic rings. The molecular formula is C44H28Br4N2O2. The van der Waals surface area contributed by atoms with Gasteiger partial charge in [0.2, 0.25) is 0 Å². The molecule has 0 unspecified atom stereocenters. The van der Waals surface area contributed by atoms with E-state index in [1.54, 1.807) is 12.1 Å². The summed E-state index contributed by atoms with van der Waals surface area (Å²) in [7, 11) is 0. The summed E-state index contributed by atoms with van der Waals surface area (Å²) in [6, 6.07) is 53.8. The molecule has 0 saturated carbocycles. The largest absolute Gasteiger partial charge is 0.311 e. The molecule has 0 heterocycles. The van der Waals surface area contributed by atoms with E-state index in [-0.39, 0.29) is 5.78 Å². The first kappa shape index (κ1) is 35.8. The first-order valence-electron chi connectivity index (χ1n) is 16.2. The minimum atomic E-state index is -0.101. The van der Waals surface area contributed by atoms with Crippen LogP contribution in [0.1, 0.15) is 26.3 Å². The summed E-state index contributed by atoms with van der Waals surface area (Å²) >= 11 is 14.3. The summed E-state index contributed by atoms with van der Waals surface area (Å²) in [5.41, 5.74) is 9.31. The zero-order valence-electron chi connectivity index (χ0n) is 27.4. The normalized spacial score (nSPS) is 10.8. The average Bonchev–Trinajstić information content (AvgIpc) is 3.18. The van der Waals surface area contributed by atoms with Gasteiger partial charge in [0.15, 0.2) is 5.78 Å². The molecule has 0 N–H and O–H groups in total. The summed E-state index contributed by atoms with van der Waals surface area (Å²) < 4.78 is 3.69. The van der Waals surface area contributed by atoms with Gasteiger partial charge >= 0.3 is 0 Å². The molecule has 0 saturated heterocycles. The molecule has 0 bridgehead atoms. The van der Waals surface area contributed by atoms with Gasteiger partial charge in [-0.05, 0) is 145 Å². The number of hydrogen-bond donors (Lipinski definition) is 0. The lowest BCUT2D eigenvalue weighted by atomic mass is 9.97. The molecule has 4 nitrogen and oxygen atoms in total. The number of nitrogens with zero attached hydrogens (tertiary/aromatic N) is 2. The summed E-state index contributed by atoms with van der Waals surface area (Å²) in [6.07, 6.45) is 0.829. The minimum absolute atomic E-state index is 0.101. The van der Waals surface area contributed by atoms with Crippen molar-refractivity contribution in [3.8, 4) is 11.1 Å². The fourth-order valence-corrected chi connectivity index (χ4v) is 7.21. The predicted octanol–water partition coefficient (Wildman–Crippen LogP) is 14.4. The van der Waals surface area contributed by atoms with Gasteiger partial charge in [-0.25, -0.2) is 0 Å². The van der Waals surface area contributed by atoms with Gasteiger partial charge in [-0.3, -0.25) is 9.59 Å². The standard InChI is InChI=1S/C44H28Br4N2O2/c45-33-8-18-38(19-9-33)49(39-20-10-34(46)11-21-39)37-16-6-30(7-17-37)31-2-1-3-32(26-31)44(52)42-27-41(24-25-43(42)48)50(40-22-12-35(47)13-23-40)36-14-4-29(28-51)5-15-36/h1-28H. The monoisotopic (exact) mass is 932 g/mol. The molecule has 254 valence electrons. The first-order valence-corrected chi connectivity index (χ1v) is 19.4. The van der Waals surface area contributed by atoms with Gasteiger partial charge in [0.05, 0.1) is 0 Å². The third-order valence-electron chi connectivity index (χ3n) is 8.58. The Morgan fingerprint density at radius 1 is 0.442 bits per heavy atom.